The lowest BCUT2D eigenvalue weighted by atomic mass is 10.1. The molecule has 0 aliphatic heterocycles. The van der Waals surface area contributed by atoms with E-state index in [1.807, 2.05) is 5.38 Å². The predicted octanol–water partition coefficient (Wildman–Crippen LogP) is 3.12. The second-order valence-corrected chi connectivity index (χ2v) is 6.13. The van der Waals surface area contributed by atoms with Crippen LogP contribution in [0.25, 0.3) is 10.2 Å². The minimum atomic E-state index is 0.354. The molecule has 0 aromatic carbocycles. The van der Waals surface area contributed by atoms with Crippen molar-refractivity contribution in [1.82, 2.24) is 9.97 Å². The second kappa shape index (κ2) is 4.72. The van der Waals surface area contributed by atoms with E-state index in [4.69, 9.17) is 5.73 Å². The average Bonchev–Trinajstić information content (AvgIpc) is 2.94. The van der Waals surface area contributed by atoms with Gasteiger partial charge in [-0.1, -0.05) is 13.3 Å². The van der Waals surface area contributed by atoms with E-state index in [-0.39, 0.29) is 0 Å². The molecular formula is C13H18N4S. The third-order valence-corrected chi connectivity index (χ3v) is 4.51. The highest BCUT2D eigenvalue weighted by Crippen LogP contribution is 2.31. The molecule has 2 heterocycles. The highest BCUT2D eigenvalue weighted by Gasteiger charge is 2.21. The van der Waals surface area contributed by atoms with Crippen molar-refractivity contribution in [3.63, 3.8) is 0 Å². The van der Waals surface area contributed by atoms with E-state index in [1.165, 1.54) is 19.3 Å². The number of nitrogens with zero attached hydrogens (tertiary/aromatic N) is 2. The number of nitrogens with one attached hydrogen (secondary N) is 1. The maximum atomic E-state index is 5.73. The summed E-state index contributed by atoms with van der Waals surface area (Å²) in [7, 11) is 0. The Morgan fingerprint density at radius 1 is 1.44 bits per heavy atom. The molecule has 0 bridgehead atoms. The first-order valence-electron chi connectivity index (χ1n) is 6.47. The van der Waals surface area contributed by atoms with Crippen molar-refractivity contribution in [3.8, 4) is 0 Å². The van der Waals surface area contributed by atoms with Crippen molar-refractivity contribution < 1.29 is 0 Å². The van der Waals surface area contributed by atoms with Crippen LogP contribution in [0.2, 0.25) is 0 Å². The zero-order chi connectivity index (χ0) is 12.5. The molecule has 1 fully saturated rings. The number of rotatable bonds is 3. The van der Waals surface area contributed by atoms with Crippen LogP contribution in [0.4, 0.5) is 11.8 Å². The molecule has 18 heavy (non-hydrogen) atoms. The topological polar surface area (TPSA) is 63.8 Å². The summed E-state index contributed by atoms with van der Waals surface area (Å²) in [5.74, 6) is 2.88. The van der Waals surface area contributed by atoms with Gasteiger partial charge in [-0.25, -0.2) is 4.98 Å². The Labute approximate surface area is 111 Å². The summed E-state index contributed by atoms with van der Waals surface area (Å²) in [4.78, 5) is 9.51. The summed E-state index contributed by atoms with van der Waals surface area (Å²) in [6.07, 6.45) is 3.99. The Balaban J connectivity index is 1.75. The molecule has 0 saturated heterocycles. The summed E-state index contributed by atoms with van der Waals surface area (Å²) < 4.78 is 0. The van der Waals surface area contributed by atoms with Crippen LogP contribution in [0, 0.1) is 11.8 Å². The van der Waals surface area contributed by atoms with E-state index >= 15 is 0 Å². The Hall–Kier alpha value is -1.36. The first-order valence-corrected chi connectivity index (χ1v) is 7.35. The summed E-state index contributed by atoms with van der Waals surface area (Å²) >= 11 is 1.60. The molecule has 1 aliphatic rings. The number of nitrogen functional groups attached to an aromatic ring is 1. The van der Waals surface area contributed by atoms with Gasteiger partial charge >= 0.3 is 0 Å². The Bertz CT molecular complexity index is 551. The van der Waals surface area contributed by atoms with Crippen LogP contribution < -0.4 is 11.1 Å². The molecule has 96 valence electrons. The minimum absolute atomic E-state index is 0.354. The number of hydrogen-bond donors (Lipinski definition) is 2. The maximum absolute atomic E-state index is 5.73. The van der Waals surface area contributed by atoms with Gasteiger partial charge in [0.05, 0.1) is 5.39 Å². The number of hydrogen-bond acceptors (Lipinski definition) is 5. The molecule has 5 heteroatoms. The molecule has 4 nitrogen and oxygen atoms in total. The van der Waals surface area contributed by atoms with Crippen molar-refractivity contribution in [2.75, 3.05) is 17.6 Å². The lowest BCUT2D eigenvalue weighted by Crippen LogP contribution is -2.13. The molecule has 0 radical (unpaired) electrons. The van der Waals surface area contributed by atoms with Crippen LogP contribution in [-0.4, -0.2) is 16.5 Å². The Kier molecular flexibility index (Phi) is 3.07. The van der Waals surface area contributed by atoms with Gasteiger partial charge < -0.3 is 11.1 Å². The second-order valence-electron chi connectivity index (χ2n) is 5.23. The third-order valence-electron chi connectivity index (χ3n) is 3.70. The fraction of sp³-hybridized carbons (Fsp3) is 0.538. The highest BCUT2D eigenvalue weighted by molar-refractivity contribution is 7.16. The van der Waals surface area contributed by atoms with Gasteiger partial charge in [0.25, 0.3) is 0 Å². The van der Waals surface area contributed by atoms with Gasteiger partial charge in [-0.2, -0.15) is 4.98 Å². The van der Waals surface area contributed by atoms with Crippen molar-refractivity contribution in [3.05, 3.63) is 11.4 Å². The zero-order valence-corrected chi connectivity index (χ0v) is 11.3. The van der Waals surface area contributed by atoms with Gasteiger partial charge in [0, 0.05) is 6.54 Å². The number of aromatic nitrogens is 2. The van der Waals surface area contributed by atoms with Crippen molar-refractivity contribution in [2.45, 2.75) is 26.2 Å². The molecule has 1 aliphatic carbocycles. The van der Waals surface area contributed by atoms with Crippen LogP contribution in [-0.2, 0) is 0 Å². The Morgan fingerprint density at radius 2 is 2.33 bits per heavy atom. The number of nitrogens with two attached hydrogens (primary N) is 1. The van der Waals surface area contributed by atoms with Gasteiger partial charge in [0.15, 0.2) is 0 Å². The van der Waals surface area contributed by atoms with E-state index in [1.54, 1.807) is 11.3 Å². The SMILES string of the molecule is CC1CCC(CNc2nc(N)nc3sccc23)C1. The molecule has 3 N–H and O–H groups in total. The van der Waals surface area contributed by atoms with Crippen molar-refractivity contribution in [1.29, 1.82) is 0 Å². The van der Waals surface area contributed by atoms with Crippen LogP contribution in [0.5, 0.6) is 0 Å². The molecule has 2 unspecified atom stereocenters. The summed E-state index contributed by atoms with van der Waals surface area (Å²) in [5.41, 5.74) is 5.73. The molecule has 2 aromatic rings. The van der Waals surface area contributed by atoms with Crippen LogP contribution in [0.1, 0.15) is 26.2 Å². The fourth-order valence-corrected chi connectivity index (χ4v) is 3.53. The van der Waals surface area contributed by atoms with Gasteiger partial charge in [0.1, 0.15) is 10.6 Å². The number of thiophene rings is 1. The summed E-state index contributed by atoms with van der Waals surface area (Å²) in [6.45, 7) is 3.32. The number of anilines is 2. The largest absolute Gasteiger partial charge is 0.369 e. The first kappa shape index (κ1) is 11.7. The smallest absolute Gasteiger partial charge is 0.223 e. The fourth-order valence-electron chi connectivity index (χ4n) is 2.76. The van der Waals surface area contributed by atoms with Crippen molar-refractivity contribution >= 4 is 33.3 Å². The minimum Gasteiger partial charge on any atom is -0.369 e. The standard InChI is InChI=1S/C13H18N4S/c1-8-2-3-9(6-8)7-15-11-10-4-5-18-12(10)17-13(14)16-11/h4-5,8-9H,2-3,6-7H2,1H3,(H3,14,15,16,17). The number of fused-ring (bicyclic) bond motifs is 1. The van der Waals surface area contributed by atoms with E-state index in [0.29, 0.717) is 5.95 Å². The zero-order valence-electron chi connectivity index (χ0n) is 10.5. The molecular weight excluding hydrogens is 244 g/mol. The molecule has 0 amide bonds. The highest BCUT2D eigenvalue weighted by atomic mass is 32.1. The van der Waals surface area contributed by atoms with E-state index in [2.05, 4.69) is 28.3 Å². The lowest BCUT2D eigenvalue weighted by molar-refractivity contribution is 0.537. The maximum Gasteiger partial charge on any atom is 0.223 e. The van der Waals surface area contributed by atoms with Gasteiger partial charge in [-0.05, 0) is 36.1 Å². The predicted molar refractivity (Wildman–Crippen MR) is 76.8 cm³/mol. The third kappa shape index (κ3) is 2.27. The quantitative estimate of drug-likeness (QED) is 0.892. The van der Waals surface area contributed by atoms with E-state index in [9.17, 15) is 0 Å². The van der Waals surface area contributed by atoms with Gasteiger partial charge in [0.2, 0.25) is 5.95 Å². The lowest BCUT2D eigenvalue weighted by Gasteiger charge is -2.12. The van der Waals surface area contributed by atoms with Crippen LogP contribution >= 0.6 is 11.3 Å². The van der Waals surface area contributed by atoms with Gasteiger partial charge in [-0.15, -0.1) is 11.3 Å². The molecule has 3 rings (SSSR count). The summed E-state index contributed by atoms with van der Waals surface area (Å²) in [6, 6.07) is 2.05. The average molecular weight is 262 g/mol. The first-order chi connectivity index (χ1) is 8.72. The van der Waals surface area contributed by atoms with Crippen molar-refractivity contribution in [2.24, 2.45) is 11.8 Å². The van der Waals surface area contributed by atoms with Crippen LogP contribution in [0.3, 0.4) is 0 Å². The normalized spacial score (nSPS) is 23.6. The van der Waals surface area contributed by atoms with Gasteiger partial charge in [-0.3, -0.25) is 0 Å². The molecule has 1 saturated carbocycles. The Morgan fingerprint density at radius 3 is 3.11 bits per heavy atom. The van der Waals surface area contributed by atoms with E-state index < -0.39 is 0 Å². The molecule has 0 spiro atoms. The summed E-state index contributed by atoms with van der Waals surface area (Å²) in [5, 5.41) is 6.57. The van der Waals surface area contributed by atoms with E-state index in [0.717, 1.165) is 34.4 Å². The monoisotopic (exact) mass is 262 g/mol. The van der Waals surface area contributed by atoms with Crippen LogP contribution in [0.15, 0.2) is 11.4 Å². The molecule has 2 atom stereocenters. The molecule has 2 aromatic heterocycles.